The second kappa shape index (κ2) is 10.3. The van der Waals surface area contributed by atoms with Crippen LogP contribution in [0.5, 0.6) is 0 Å². The lowest BCUT2D eigenvalue weighted by Gasteiger charge is -2.08. The molecule has 7 nitrogen and oxygen atoms in total. The van der Waals surface area contributed by atoms with Crippen molar-refractivity contribution < 1.29 is 18.7 Å². The number of amides is 1. The number of ether oxygens (including phenoxy) is 1. The van der Waals surface area contributed by atoms with E-state index < -0.39 is 5.97 Å². The number of nitrogens with one attached hydrogen (secondary N) is 1. The normalized spacial score (nSPS) is 10.5. The minimum absolute atomic E-state index is 0.189. The van der Waals surface area contributed by atoms with Crippen molar-refractivity contribution in [1.82, 2.24) is 9.78 Å². The van der Waals surface area contributed by atoms with Gasteiger partial charge >= 0.3 is 5.97 Å². The van der Waals surface area contributed by atoms with Crippen LogP contribution in [0, 0.1) is 5.82 Å². The van der Waals surface area contributed by atoms with Crippen molar-refractivity contribution in [3.05, 3.63) is 82.4 Å². The van der Waals surface area contributed by atoms with Crippen molar-refractivity contribution in [2.45, 2.75) is 26.3 Å². The molecule has 0 spiro atoms. The Morgan fingerprint density at radius 3 is 2.42 bits per heavy atom. The van der Waals surface area contributed by atoms with E-state index in [2.05, 4.69) is 10.4 Å². The molecule has 0 aliphatic carbocycles. The molecule has 31 heavy (non-hydrogen) atoms. The van der Waals surface area contributed by atoms with Gasteiger partial charge in [0.15, 0.2) is 0 Å². The first-order valence-corrected chi connectivity index (χ1v) is 9.87. The zero-order valence-electron chi connectivity index (χ0n) is 17.0. The highest BCUT2D eigenvalue weighted by Gasteiger charge is 2.08. The number of carbonyl (C=O) groups is 2. The average Bonchev–Trinajstić information content (AvgIpc) is 2.76. The summed E-state index contributed by atoms with van der Waals surface area (Å²) in [7, 11) is 0. The zero-order valence-corrected chi connectivity index (χ0v) is 17.0. The van der Waals surface area contributed by atoms with E-state index in [9.17, 15) is 18.8 Å². The molecule has 3 rings (SSSR count). The SMILES string of the molecule is CCOC(=O)c1ccc(NC(=O)CCCn2nc(-c3ccc(F)cc3)ccc2=O)cc1. The maximum absolute atomic E-state index is 13.1. The van der Waals surface area contributed by atoms with Crippen LogP contribution in [0.2, 0.25) is 0 Å². The second-order valence-electron chi connectivity index (χ2n) is 6.74. The van der Waals surface area contributed by atoms with Crippen LogP contribution in [-0.2, 0) is 16.1 Å². The van der Waals surface area contributed by atoms with Gasteiger partial charge in [0.1, 0.15) is 5.82 Å². The number of esters is 1. The van der Waals surface area contributed by atoms with Gasteiger partial charge in [-0.25, -0.2) is 13.9 Å². The third-order valence-electron chi connectivity index (χ3n) is 4.46. The average molecular weight is 423 g/mol. The molecule has 0 fully saturated rings. The highest BCUT2D eigenvalue weighted by atomic mass is 19.1. The van der Waals surface area contributed by atoms with Crippen LogP contribution >= 0.6 is 0 Å². The Labute approximate surface area is 178 Å². The molecule has 0 bridgehead atoms. The van der Waals surface area contributed by atoms with Crippen LogP contribution in [0.15, 0.2) is 65.5 Å². The largest absolute Gasteiger partial charge is 0.462 e. The highest BCUT2D eigenvalue weighted by molar-refractivity contribution is 5.93. The lowest BCUT2D eigenvalue weighted by atomic mass is 10.1. The van der Waals surface area contributed by atoms with Crippen molar-refractivity contribution in [3.63, 3.8) is 0 Å². The number of aromatic nitrogens is 2. The third kappa shape index (κ3) is 6.08. The maximum atomic E-state index is 13.1. The molecule has 0 aliphatic rings. The monoisotopic (exact) mass is 423 g/mol. The number of hydrogen-bond acceptors (Lipinski definition) is 5. The summed E-state index contributed by atoms with van der Waals surface area (Å²) in [5.41, 5.74) is 1.93. The van der Waals surface area contributed by atoms with Gasteiger partial charge in [-0.2, -0.15) is 5.10 Å². The van der Waals surface area contributed by atoms with Gasteiger partial charge in [0.2, 0.25) is 5.91 Å². The van der Waals surface area contributed by atoms with Crippen molar-refractivity contribution in [2.75, 3.05) is 11.9 Å². The molecule has 8 heteroatoms. The minimum atomic E-state index is -0.416. The standard InChI is InChI=1S/C23H22FN3O4/c1-2-31-23(30)17-7-11-19(12-8-17)25-21(28)4-3-15-27-22(29)14-13-20(26-27)16-5-9-18(24)10-6-16/h5-14H,2-4,15H2,1H3,(H,25,28). The number of nitrogens with zero attached hydrogens (tertiary/aromatic N) is 2. The van der Waals surface area contributed by atoms with Gasteiger partial charge < -0.3 is 10.1 Å². The molecule has 0 saturated heterocycles. The summed E-state index contributed by atoms with van der Waals surface area (Å²) in [4.78, 5) is 35.9. The minimum Gasteiger partial charge on any atom is -0.462 e. The van der Waals surface area contributed by atoms with Crippen LogP contribution in [-0.4, -0.2) is 28.3 Å². The summed E-state index contributed by atoms with van der Waals surface area (Å²) in [6.45, 7) is 2.29. The summed E-state index contributed by atoms with van der Waals surface area (Å²) >= 11 is 0. The molecule has 0 atom stereocenters. The van der Waals surface area contributed by atoms with Gasteiger partial charge in [-0.15, -0.1) is 0 Å². The van der Waals surface area contributed by atoms with E-state index >= 15 is 0 Å². The van der Waals surface area contributed by atoms with Gasteiger partial charge in [-0.1, -0.05) is 0 Å². The topological polar surface area (TPSA) is 90.3 Å². The fourth-order valence-electron chi connectivity index (χ4n) is 2.90. The van der Waals surface area contributed by atoms with E-state index in [0.717, 1.165) is 0 Å². The molecule has 0 unspecified atom stereocenters. The molecule has 0 radical (unpaired) electrons. The Bertz CT molecular complexity index is 1110. The highest BCUT2D eigenvalue weighted by Crippen LogP contribution is 2.16. The first-order chi connectivity index (χ1) is 15.0. The predicted molar refractivity (Wildman–Crippen MR) is 114 cm³/mol. The van der Waals surface area contributed by atoms with Gasteiger partial charge in [0.05, 0.1) is 17.9 Å². The van der Waals surface area contributed by atoms with Crippen molar-refractivity contribution in [3.8, 4) is 11.3 Å². The fourth-order valence-corrected chi connectivity index (χ4v) is 2.90. The van der Waals surface area contributed by atoms with Crippen LogP contribution in [0.25, 0.3) is 11.3 Å². The lowest BCUT2D eigenvalue weighted by Crippen LogP contribution is -2.23. The third-order valence-corrected chi connectivity index (χ3v) is 4.46. The molecular weight excluding hydrogens is 401 g/mol. The number of anilines is 1. The molecule has 2 aromatic carbocycles. The number of hydrogen-bond donors (Lipinski definition) is 1. The Kier molecular flexibility index (Phi) is 7.26. The van der Waals surface area contributed by atoms with Gasteiger partial charge in [0.25, 0.3) is 5.56 Å². The quantitative estimate of drug-likeness (QED) is 0.559. The van der Waals surface area contributed by atoms with E-state index in [4.69, 9.17) is 4.74 Å². The molecule has 1 heterocycles. The van der Waals surface area contributed by atoms with E-state index in [-0.39, 0.29) is 30.2 Å². The first kappa shape index (κ1) is 21.9. The van der Waals surface area contributed by atoms with Gasteiger partial charge in [0, 0.05) is 30.3 Å². The Morgan fingerprint density at radius 2 is 1.74 bits per heavy atom. The van der Waals surface area contributed by atoms with Crippen molar-refractivity contribution in [2.24, 2.45) is 0 Å². The number of aryl methyl sites for hydroxylation is 1. The molecule has 3 aromatic rings. The molecular formula is C23H22FN3O4. The van der Waals surface area contributed by atoms with E-state index in [0.29, 0.717) is 35.5 Å². The molecule has 160 valence electrons. The van der Waals surface area contributed by atoms with Crippen LogP contribution in [0.3, 0.4) is 0 Å². The smallest absolute Gasteiger partial charge is 0.338 e. The predicted octanol–water partition coefficient (Wildman–Crippen LogP) is 3.65. The summed E-state index contributed by atoms with van der Waals surface area (Å²) in [6.07, 6.45) is 0.598. The molecule has 1 aromatic heterocycles. The Morgan fingerprint density at radius 1 is 1.03 bits per heavy atom. The summed E-state index contributed by atoms with van der Waals surface area (Å²) in [5, 5.41) is 7.05. The first-order valence-electron chi connectivity index (χ1n) is 9.87. The fraction of sp³-hybridized carbons (Fsp3) is 0.217. The lowest BCUT2D eigenvalue weighted by molar-refractivity contribution is -0.116. The Balaban J connectivity index is 1.54. The zero-order chi connectivity index (χ0) is 22.2. The molecule has 0 aliphatic heterocycles. The van der Waals surface area contributed by atoms with Crippen molar-refractivity contribution >= 4 is 17.6 Å². The van der Waals surface area contributed by atoms with Crippen molar-refractivity contribution in [1.29, 1.82) is 0 Å². The van der Waals surface area contributed by atoms with Gasteiger partial charge in [-0.05, 0) is 67.9 Å². The maximum Gasteiger partial charge on any atom is 0.338 e. The number of carbonyl (C=O) groups excluding carboxylic acids is 2. The molecule has 1 amide bonds. The molecule has 1 N–H and O–H groups in total. The van der Waals surface area contributed by atoms with Crippen LogP contribution in [0.1, 0.15) is 30.1 Å². The van der Waals surface area contributed by atoms with E-state index in [1.165, 1.54) is 22.9 Å². The summed E-state index contributed by atoms with van der Waals surface area (Å²) in [6, 6.07) is 15.2. The number of rotatable bonds is 8. The van der Waals surface area contributed by atoms with Crippen LogP contribution in [0.4, 0.5) is 10.1 Å². The molecule has 0 saturated carbocycles. The number of benzene rings is 2. The van der Waals surface area contributed by atoms with Gasteiger partial charge in [-0.3, -0.25) is 9.59 Å². The second-order valence-corrected chi connectivity index (χ2v) is 6.74. The summed E-state index contributed by atoms with van der Waals surface area (Å²) in [5.74, 6) is -0.980. The van der Waals surface area contributed by atoms with E-state index in [1.54, 1.807) is 49.4 Å². The van der Waals surface area contributed by atoms with E-state index in [1.807, 2.05) is 0 Å². The van der Waals surface area contributed by atoms with Crippen LogP contribution < -0.4 is 10.9 Å². The number of halogens is 1. The summed E-state index contributed by atoms with van der Waals surface area (Å²) < 4.78 is 19.3. The Hall–Kier alpha value is -3.81.